The Labute approximate surface area is 822 Å². The maximum Gasteiger partial charge on any atom is 0.119 e. The molecule has 0 radical (unpaired) electrons. The predicted molar refractivity (Wildman–Crippen MR) is 574 cm³/mol. The lowest BCUT2D eigenvalue weighted by atomic mass is 9.67. The van der Waals surface area contributed by atoms with E-state index in [9.17, 15) is 0 Å². The first-order chi connectivity index (χ1) is 66.0. The van der Waals surface area contributed by atoms with E-state index in [1.165, 1.54) is 50.1 Å². The number of hydrogen-bond acceptors (Lipinski definition) is 10. The molecule has 2 unspecified atom stereocenters. The van der Waals surface area contributed by atoms with Gasteiger partial charge in [-0.1, -0.05) is 328 Å². The molecule has 0 spiro atoms. The lowest BCUT2D eigenvalue weighted by molar-refractivity contribution is 0.282. The van der Waals surface area contributed by atoms with Gasteiger partial charge in [0.1, 0.15) is 45.1 Å². The van der Waals surface area contributed by atoms with Crippen LogP contribution in [0, 0.1) is 0 Å². The third-order valence-corrected chi connectivity index (χ3v) is 33.9. The second-order valence-corrected chi connectivity index (χ2v) is 42.1. The molecule has 14 heteroatoms. The van der Waals surface area contributed by atoms with Crippen LogP contribution < -0.4 is 18.9 Å². The molecule has 4 heterocycles. The number of rotatable bonds is 16. The van der Waals surface area contributed by atoms with Crippen molar-refractivity contribution < 1.29 is 18.9 Å². The lowest BCUT2D eigenvalue weighted by Crippen LogP contribution is -2.28. The van der Waals surface area contributed by atoms with Crippen molar-refractivity contribution in [3.63, 3.8) is 0 Å². The third kappa shape index (κ3) is 12.2. The van der Waals surface area contributed by atoms with E-state index in [1.54, 1.807) is 32.7 Å². The zero-order chi connectivity index (χ0) is 91.4. The Morgan fingerprint density at radius 2 is 0.615 bits per heavy atom. The summed E-state index contributed by atoms with van der Waals surface area (Å²) in [6.07, 6.45) is 7.09. The summed E-state index contributed by atoms with van der Waals surface area (Å²) in [7, 11) is 5.19. The number of nitrogens with zero attached hydrogens (tertiary/aromatic N) is 4. The van der Waals surface area contributed by atoms with E-state index >= 15 is 0 Å². The van der Waals surface area contributed by atoms with Gasteiger partial charge in [0.15, 0.2) is 0 Å². The van der Waals surface area contributed by atoms with Crippen LogP contribution in [0.15, 0.2) is 364 Å². The highest BCUT2D eigenvalue weighted by Crippen LogP contribution is 2.65. The van der Waals surface area contributed by atoms with Crippen LogP contribution in [0.25, 0.3) is 168 Å². The Morgan fingerprint density at radius 3 is 0.970 bits per heavy atom. The van der Waals surface area contributed by atoms with E-state index in [4.69, 9.17) is 38.9 Å². The fraction of sp³-hybridized carbons (Fsp3) is 0.107. The Hall–Kier alpha value is -13.3. The van der Waals surface area contributed by atoms with Crippen molar-refractivity contribution in [1.29, 1.82) is 0 Å². The Bertz CT molecular complexity index is 8750. The Morgan fingerprint density at radius 1 is 0.311 bits per heavy atom. The maximum atomic E-state index is 7.22. The third-order valence-electron chi connectivity index (χ3n) is 29.4. The second kappa shape index (κ2) is 31.7. The molecule has 4 aliphatic carbocycles. The summed E-state index contributed by atoms with van der Waals surface area (Å²) in [4.78, 5) is 28.3. The van der Waals surface area contributed by atoms with Crippen molar-refractivity contribution in [3.8, 4) is 98.1 Å². The van der Waals surface area contributed by atoms with Crippen molar-refractivity contribution in [1.82, 2.24) is 19.9 Å². The highest BCUT2D eigenvalue weighted by Gasteiger charge is 2.51. The average molecular weight is 2040 g/mol. The van der Waals surface area contributed by atoms with E-state index in [-0.39, 0.29) is 5.41 Å². The van der Waals surface area contributed by atoms with Crippen LogP contribution in [0.2, 0.25) is 0 Å². The molecule has 4 aromatic heterocycles. The number of hydrogen-bond donors (Lipinski definition) is 0. The van der Waals surface area contributed by atoms with E-state index in [0.29, 0.717) is 13.0 Å². The summed E-state index contributed by atoms with van der Waals surface area (Å²) in [5.74, 6) is 3.13. The van der Waals surface area contributed by atoms with Gasteiger partial charge in [-0.2, -0.15) is 0 Å². The van der Waals surface area contributed by atoms with Crippen LogP contribution >= 0.6 is 86.4 Å². The van der Waals surface area contributed by atoms with Gasteiger partial charge in [-0.3, -0.25) is 0 Å². The monoisotopic (exact) mass is 2030 g/mol. The summed E-state index contributed by atoms with van der Waals surface area (Å²) in [6.45, 7) is 13.9. The predicted octanol–water partition coefficient (Wildman–Crippen LogP) is 33.6. The van der Waals surface area contributed by atoms with Crippen LogP contribution in [0.4, 0.5) is 0 Å². The average Bonchev–Trinajstić information content (AvgIpc) is 1.52. The van der Waals surface area contributed by atoms with Gasteiger partial charge in [0.25, 0.3) is 0 Å². The van der Waals surface area contributed by atoms with Gasteiger partial charge in [-0.25, -0.2) is 19.9 Å². The molecular weight excluding hydrogens is 1960 g/mol. The van der Waals surface area contributed by atoms with Crippen LogP contribution in [0.1, 0.15) is 101 Å². The standard InChI is InChI=1S/C121H82Br4N4O4S2/c1-9-21-94-78(10-2)102-86(25-17-32-98(102)118(94,3)4)114-110-111(127-107-91-63-71(123)45-57-80(91)79-56-44-70(122)62-90(79)106(107)126-110)115(134-114)87-26-18-33-99-103(87)83-22-11-14-29-95(83)119(99,5)60-61-133-77-54-42-69(43-55-77)121(68-40-52-76(132-8)53-41-68)97-31-16-13-24-85(97)105-89(28-20-35-101(105)121)117-113-112(128-108-92-64-72(124)46-58-81(92)82-59-47-73(125)65-93(82)109(108)129-113)116(135-117)88-27-19-34-100-104(88)84-23-12-15-30-96(84)120(100,66-36-48-74(130-6)49-37-66)67-38-50-75(131-7)51-39-67/h9-59,62-65H,1,60-61H2,2-8H3/b78-10+,94-21?. The number of aromatic nitrogens is 4. The van der Waals surface area contributed by atoms with E-state index in [2.05, 4.69) is 426 Å². The van der Waals surface area contributed by atoms with Crippen molar-refractivity contribution in [2.75, 3.05) is 27.9 Å². The highest BCUT2D eigenvalue weighted by molar-refractivity contribution is 9.11. The van der Waals surface area contributed by atoms with Crippen molar-refractivity contribution >= 4 is 179 Å². The van der Waals surface area contributed by atoms with Gasteiger partial charge < -0.3 is 18.9 Å². The quantitative estimate of drug-likeness (QED) is 0.0884. The van der Waals surface area contributed by atoms with Gasteiger partial charge >= 0.3 is 0 Å². The number of halogens is 4. The molecule has 17 aromatic carbocycles. The second-order valence-electron chi connectivity index (χ2n) is 36.3. The van der Waals surface area contributed by atoms with Crippen LogP contribution in [0.3, 0.4) is 0 Å². The molecule has 0 saturated heterocycles. The molecule has 2 atom stereocenters. The minimum atomic E-state index is -0.849. The van der Waals surface area contributed by atoms with E-state index in [1.807, 2.05) is 17.4 Å². The van der Waals surface area contributed by atoms with Gasteiger partial charge in [-0.05, 0) is 243 Å². The molecule has 8 nitrogen and oxygen atoms in total. The fourth-order valence-electron chi connectivity index (χ4n) is 23.5. The lowest BCUT2D eigenvalue weighted by Gasteiger charge is -2.34. The molecule has 0 saturated carbocycles. The maximum absolute atomic E-state index is 7.22. The van der Waals surface area contributed by atoms with Crippen LogP contribution in [0.5, 0.6) is 23.0 Å². The molecule has 650 valence electrons. The first-order valence-electron chi connectivity index (χ1n) is 45.4. The minimum Gasteiger partial charge on any atom is -0.497 e. The molecule has 0 N–H and O–H groups in total. The van der Waals surface area contributed by atoms with E-state index < -0.39 is 16.2 Å². The zero-order valence-corrected chi connectivity index (χ0v) is 82.6. The van der Waals surface area contributed by atoms with Gasteiger partial charge in [0.2, 0.25) is 0 Å². The van der Waals surface area contributed by atoms with Crippen LogP contribution in [-0.4, -0.2) is 47.9 Å². The van der Waals surface area contributed by atoms with Crippen molar-refractivity contribution in [2.45, 2.75) is 55.8 Å². The number of ether oxygens (including phenoxy) is 4. The first kappa shape index (κ1) is 83.5. The van der Waals surface area contributed by atoms with Gasteiger partial charge in [0.05, 0.1) is 80.3 Å². The molecular formula is C121H82Br4N4O4S2. The van der Waals surface area contributed by atoms with Gasteiger partial charge in [-0.15, -0.1) is 22.7 Å². The fourth-order valence-corrected chi connectivity index (χ4v) is 27.4. The smallest absolute Gasteiger partial charge is 0.119 e. The molecule has 25 rings (SSSR count). The minimum absolute atomic E-state index is 0.277. The van der Waals surface area contributed by atoms with E-state index in [0.717, 1.165) is 231 Å². The Balaban J connectivity index is 0.631. The molecule has 0 aliphatic heterocycles. The molecule has 0 bridgehead atoms. The number of fused-ring (bicyclic) bond motifs is 24. The Kier molecular flexibility index (Phi) is 19.6. The normalized spacial score (nSPS) is 16.4. The molecule has 4 aliphatic rings. The number of methoxy groups -OCH3 is 3. The number of benzene rings is 17. The SMILES string of the molecule is C=CC=C1/C(=C\C)c2c(-c3sc(-c4cccc5c4-c4ccccc4C5(C)CCOc4ccc(C5(c6ccc(OC)cc6)c6ccccc6-c6c(-c7sc(-c8cccc9c8-c8ccccc8C9(c8ccc(OC)cc8)c8ccc(OC)cc8)c8nc9c%10cc(Br)ccc%10c%10ccc(Br)cc%10c9nc78)cccc65)cc4)c4nc5c6cc(Br)ccc6c6ccc(Br)cc6c5nc34)cccc2C1(C)C. The molecule has 0 amide bonds. The zero-order valence-electron chi connectivity index (χ0n) is 74.6. The topological polar surface area (TPSA) is 88.5 Å². The first-order valence-corrected chi connectivity index (χ1v) is 50.2. The van der Waals surface area contributed by atoms with Crippen molar-refractivity contribution in [2.24, 2.45) is 0 Å². The largest absolute Gasteiger partial charge is 0.497 e. The summed E-state index contributed by atoms with van der Waals surface area (Å²) >= 11 is 19.2. The summed E-state index contributed by atoms with van der Waals surface area (Å²) in [6, 6.07) is 116. The van der Waals surface area contributed by atoms with Gasteiger partial charge in [0, 0.05) is 72.5 Å². The highest BCUT2D eigenvalue weighted by atomic mass is 79.9. The number of thiophene rings is 2. The molecule has 135 heavy (non-hydrogen) atoms. The summed E-state index contributed by atoms with van der Waals surface area (Å²) < 4.78 is 28.8. The van der Waals surface area contributed by atoms with Crippen molar-refractivity contribution in [3.05, 3.63) is 430 Å². The number of allylic oxidation sites excluding steroid dienone is 5. The van der Waals surface area contributed by atoms with Crippen LogP contribution in [-0.2, 0) is 21.7 Å². The summed E-state index contributed by atoms with van der Waals surface area (Å²) in [5, 5.41) is 8.56. The summed E-state index contributed by atoms with van der Waals surface area (Å²) in [5.41, 5.74) is 32.3. The molecule has 0 fully saturated rings. The molecule has 21 aromatic rings.